The maximum atomic E-state index is 13.2. The van der Waals surface area contributed by atoms with Gasteiger partial charge in [0.1, 0.15) is 12.6 Å². The molecule has 2 fully saturated rings. The van der Waals surface area contributed by atoms with E-state index in [0.717, 1.165) is 36.8 Å². The van der Waals surface area contributed by atoms with Gasteiger partial charge in [0, 0.05) is 12.0 Å². The van der Waals surface area contributed by atoms with Crippen LogP contribution in [0.2, 0.25) is 0 Å². The van der Waals surface area contributed by atoms with Crippen molar-refractivity contribution in [2.45, 2.75) is 69.5 Å². The highest BCUT2D eigenvalue weighted by molar-refractivity contribution is 5.85. The normalized spacial score (nSPS) is 19.1. The van der Waals surface area contributed by atoms with Crippen LogP contribution in [0.5, 0.6) is 0 Å². The quantitative estimate of drug-likeness (QED) is 0.554. The number of alkyl carbamates (subject to hydrolysis) is 1. The summed E-state index contributed by atoms with van der Waals surface area (Å²) in [6.07, 6.45) is 3.01. The molecule has 2 aromatic carbocycles. The van der Waals surface area contributed by atoms with Gasteiger partial charge in [0.2, 0.25) is 5.91 Å². The molecular weight excluding hydrogens is 444 g/mol. The van der Waals surface area contributed by atoms with E-state index < -0.39 is 23.6 Å². The summed E-state index contributed by atoms with van der Waals surface area (Å²) >= 11 is 0. The molecule has 0 saturated heterocycles. The molecule has 3 aliphatic carbocycles. The first-order valence-corrected chi connectivity index (χ1v) is 12.5. The number of rotatable bonds is 9. The van der Waals surface area contributed by atoms with Crippen molar-refractivity contribution in [1.29, 1.82) is 0 Å². The maximum absolute atomic E-state index is 13.2. The zero-order chi connectivity index (χ0) is 24.7. The largest absolute Gasteiger partial charge is 0.480 e. The molecule has 0 aliphatic heterocycles. The lowest BCUT2D eigenvalue weighted by molar-refractivity contribution is -0.150. The van der Waals surface area contributed by atoms with Crippen LogP contribution in [0.15, 0.2) is 48.5 Å². The molecule has 0 bridgehead atoms. The van der Waals surface area contributed by atoms with Crippen LogP contribution < -0.4 is 5.32 Å². The van der Waals surface area contributed by atoms with E-state index in [2.05, 4.69) is 29.6 Å². The molecule has 7 nitrogen and oxygen atoms in total. The smallest absolute Gasteiger partial charge is 0.407 e. The Hall–Kier alpha value is -3.35. The number of carboxylic acid groups (broad SMARTS) is 1. The molecule has 2 amide bonds. The highest BCUT2D eigenvalue weighted by Gasteiger charge is 2.47. The third kappa shape index (κ3) is 4.64. The Labute approximate surface area is 205 Å². The SMILES string of the molecule is CC(C(=O)O)N(C(=O)CC(C)(NC(=O)OCC1c2ccccc2-c2ccccc21)C1CC1)C1CC1. The zero-order valence-electron chi connectivity index (χ0n) is 20.2. The maximum Gasteiger partial charge on any atom is 0.407 e. The first-order valence-electron chi connectivity index (χ1n) is 12.5. The summed E-state index contributed by atoms with van der Waals surface area (Å²) < 4.78 is 5.73. The second kappa shape index (κ2) is 9.02. The van der Waals surface area contributed by atoms with Gasteiger partial charge < -0.3 is 20.1 Å². The number of ether oxygens (including phenoxy) is 1. The fraction of sp³-hybridized carbons (Fsp3) is 0.464. The Bertz CT molecular complexity index is 1110. The van der Waals surface area contributed by atoms with Crippen molar-refractivity contribution in [3.63, 3.8) is 0 Å². The van der Waals surface area contributed by atoms with Crippen molar-refractivity contribution in [3.8, 4) is 11.1 Å². The molecule has 2 N–H and O–H groups in total. The van der Waals surface area contributed by atoms with Crippen LogP contribution >= 0.6 is 0 Å². The van der Waals surface area contributed by atoms with Crippen molar-refractivity contribution in [3.05, 3.63) is 59.7 Å². The molecule has 5 rings (SSSR count). The average molecular weight is 477 g/mol. The van der Waals surface area contributed by atoms with Crippen molar-refractivity contribution in [2.24, 2.45) is 5.92 Å². The van der Waals surface area contributed by atoms with Gasteiger partial charge in [-0.1, -0.05) is 48.5 Å². The lowest BCUT2D eigenvalue weighted by Crippen LogP contribution is -2.54. The Kier molecular flexibility index (Phi) is 6.03. The van der Waals surface area contributed by atoms with E-state index in [-0.39, 0.29) is 36.8 Å². The van der Waals surface area contributed by atoms with Gasteiger partial charge in [0.05, 0.1) is 12.0 Å². The summed E-state index contributed by atoms with van der Waals surface area (Å²) in [5.74, 6) is -1.10. The number of benzene rings is 2. The Morgan fingerprint density at radius 3 is 2.11 bits per heavy atom. The molecule has 7 heteroatoms. The standard InChI is InChI=1S/C28H32N2O5/c1-17(26(32)33)30(19-13-14-19)25(31)15-28(2,18-11-12-18)29-27(34)35-16-24-22-9-5-3-7-20(22)21-8-4-6-10-23(21)24/h3-10,17-19,24H,11-16H2,1-2H3,(H,29,34)(H,32,33). The Morgan fingerprint density at radius 1 is 1.03 bits per heavy atom. The van der Waals surface area contributed by atoms with Gasteiger partial charge in [-0.05, 0) is 67.7 Å². The van der Waals surface area contributed by atoms with Gasteiger partial charge in [0.25, 0.3) is 0 Å². The van der Waals surface area contributed by atoms with E-state index >= 15 is 0 Å². The zero-order valence-corrected chi connectivity index (χ0v) is 20.2. The number of hydrogen-bond acceptors (Lipinski definition) is 4. The van der Waals surface area contributed by atoms with E-state index in [1.807, 2.05) is 31.2 Å². The van der Waals surface area contributed by atoms with E-state index in [9.17, 15) is 19.5 Å². The van der Waals surface area contributed by atoms with Crippen LogP contribution in [-0.4, -0.2) is 52.2 Å². The molecule has 0 aromatic heterocycles. The van der Waals surface area contributed by atoms with Crippen LogP contribution in [0.25, 0.3) is 11.1 Å². The average Bonchev–Trinajstić information content (AvgIpc) is 3.74. The minimum atomic E-state index is -1.01. The van der Waals surface area contributed by atoms with Gasteiger partial charge >= 0.3 is 12.1 Å². The lowest BCUT2D eigenvalue weighted by atomic mass is 9.90. The number of carbonyl (C=O) groups is 3. The van der Waals surface area contributed by atoms with E-state index in [1.165, 1.54) is 16.0 Å². The predicted molar refractivity (Wildman–Crippen MR) is 131 cm³/mol. The molecule has 0 radical (unpaired) electrons. The third-order valence-corrected chi connectivity index (χ3v) is 7.73. The number of carboxylic acids is 1. The summed E-state index contributed by atoms with van der Waals surface area (Å²) in [5.41, 5.74) is 3.84. The molecule has 2 saturated carbocycles. The number of carbonyl (C=O) groups excluding carboxylic acids is 2. The molecule has 35 heavy (non-hydrogen) atoms. The fourth-order valence-corrected chi connectivity index (χ4v) is 5.49. The number of hydrogen-bond donors (Lipinski definition) is 2. The van der Waals surface area contributed by atoms with Crippen LogP contribution in [0, 0.1) is 5.92 Å². The summed E-state index contributed by atoms with van der Waals surface area (Å²) in [5, 5.41) is 12.5. The van der Waals surface area contributed by atoms with Crippen molar-refractivity contribution in [1.82, 2.24) is 10.2 Å². The number of nitrogens with zero attached hydrogens (tertiary/aromatic N) is 1. The summed E-state index contributed by atoms with van der Waals surface area (Å²) in [6.45, 7) is 3.63. The lowest BCUT2D eigenvalue weighted by Gasteiger charge is -2.34. The minimum Gasteiger partial charge on any atom is -0.480 e. The van der Waals surface area contributed by atoms with Gasteiger partial charge in [-0.3, -0.25) is 4.79 Å². The number of amides is 2. The van der Waals surface area contributed by atoms with Gasteiger partial charge in [0.15, 0.2) is 0 Å². The Balaban J connectivity index is 1.26. The molecule has 0 heterocycles. The first kappa shape index (κ1) is 23.4. The molecule has 184 valence electrons. The minimum absolute atomic E-state index is 0.0218. The van der Waals surface area contributed by atoms with Crippen LogP contribution in [0.1, 0.15) is 63.0 Å². The highest BCUT2D eigenvalue weighted by atomic mass is 16.5. The monoisotopic (exact) mass is 476 g/mol. The fourth-order valence-electron chi connectivity index (χ4n) is 5.49. The molecule has 3 aliphatic rings. The van der Waals surface area contributed by atoms with E-state index in [4.69, 9.17) is 4.74 Å². The first-order chi connectivity index (χ1) is 16.8. The summed E-state index contributed by atoms with van der Waals surface area (Å²) in [6, 6.07) is 15.4. The van der Waals surface area contributed by atoms with E-state index in [0.29, 0.717) is 0 Å². The van der Waals surface area contributed by atoms with E-state index in [1.54, 1.807) is 6.92 Å². The topological polar surface area (TPSA) is 95.9 Å². The van der Waals surface area contributed by atoms with Gasteiger partial charge in [-0.2, -0.15) is 0 Å². The van der Waals surface area contributed by atoms with Crippen LogP contribution in [0.4, 0.5) is 4.79 Å². The van der Waals surface area contributed by atoms with Crippen molar-refractivity contribution < 1.29 is 24.2 Å². The molecule has 2 unspecified atom stereocenters. The molecule has 2 atom stereocenters. The number of nitrogens with one attached hydrogen (secondary N) is 1. The van der Waals surface area contributed by atoms with Crippen molar-refractivity contribution in [2.75, 3.05) is 6.61 Å². The Morgan fingerprint density at radius 2 is 1.60 bits per heavy atom. The second-order valence-corrected chi connectivity index (χ2v) is 10.4. The van der Waals surface area contributed by atoms with Gasteiger partial charge in [-0.15, -0.1) is 0 Å². The highest BCUT2D eigenvalue weighted by Crippen LogP contribution is 2.45. The van der Waals surface area contributed by atoms with Crippen molar-refractivity contribution >= 4 is 18.0 Å². The third-order valence-electron chi connectivity index (χ3n) is 7.73. The molecule has 0 spiro atoms. The second-order valence-electron chi connectivity index (χ2n) is 10.4. The predicted octanol–water partition coefficient (Wildman–Crippen LogP) is 4.55. The molecule has 2 aromatic rings. The molecular formula is C28H32N2O5. The summed E-state index contributed by atoms with van der Waals surface area (Å²) in [7, 11) is 0. The van der Waals surface area contributed by atoms with Crippen LogP contribution in [0.3, 0.4) is 0 Å². The number of fused-ring (bicyclic) bond motifs is 3. The number of aliphatic carboxylic acids is 1. The van der Waals surface area contributed by atoms with Gasteiger partial charge in [-0.25, -0.2) is 9.59 Å². The summed E-state index contributed by atoms with van der Waals surface area (Å²) in [4.78, 5) is 39.2. The van der Waals surface area contributed by atoms with Crippen LogP contribution in [-0.2, 0) is 14.3 Å².